The van der Waals surface area contributed by atoms with Gasteiger partial charge in [-0.1, -0.05) is 6.07 Å². The van der Waals surface area contributed by atoms with Crippen LogP contribution in [0.2, 0.25) is 0 Å². The Morgan fingerprint density at radius 3 is 2.45 bits per heavy atom. The molecule has 1 aromatic carbocycles. The van der Waals surface area contributed by atoms with Crippen LogP contribution in [0.25, 0.3) is 0 Å². The monoisotopic (exact) mass is 357 g/mol. The Morgan fingerprint density at radius 2 is 1.91 bits per heavy atom. The van der Waals surface area contributed by atoms with Crippen LogP contribution in [0.1, 0.15) is 18.4 Å². The van der Waals surface area contributed by atoms with Gasteiger partial charge in [0.1, 0.15) is 0 Å². The molecule has 3 N–H and O–H groups in total. The number of hydrogen-bond donors (Lipinski definition) is 2. The summed E-state index contributed by atoms with van der Waals surface area (Å²) >= 11 is 0. The Hall–Kier alpha value is -1.15. The molecule has 126 valence electrons. The van der Waals surface area contributed by atoms with Crippen LogP contribution in [0, 0.1) is 11.6 Å². The lowest BCUT2D eigenvalue weighted by Gasteiger charge is -2.32. The maximum atomic E-state index is 13.2. The Labute approximate surface area is 139 Å². The molecule has 0 radical (unpaired) electrons. The number of carbonyl (C=O) groups is 1. The number of rotatable bonds is 4. The van der Waals surface area contributed by atoms with Gasteiger partial charge in [-0.05, 0) is 43.6 Å². The number of piperidine rings is 1. The Bertz CT molecular complexity index is 488. The van der Waals surface area contributed by atoms with Gasteiger partial charge < -0.3 is 15.9 Å². The summed E-state index contributed by atoms with van der Waals surface area (Å²) in [4.78, 5) is 16.0. The minimum absolute atomic E-state index is 0. The van der Waals surface area contributed by atoms with E-state index in [1.807, 2.05) is 0 Å². The van der Waals surface area contributed by atoms with Crippen LogP contribution >= 0.6 is 24.8 Å². The normalized spacial score (nSPS) is 14.9. The van der Waals surface area contributed by atoms with Crippen LogP contribution in [-0.2, 0) is 11.4 Å². The van der Waals surface area contributed by atoms with E-state index in [4.69, 9.17) is 10.6 Å². The summed E-state index contributed by atoms with van der Waals surface area (Å²) in [6.07, 6.45) is 0.666. The van der Waals surface area contributed by atoms with Gasteiger partial charge in [-0.25, -0.2) is 13.6 Å². The number of hydrogen-bond acceptors (Lipinski definition) is 4. The number of amides is 1. The van der Waals surface area contributed by atoms with Crippen LogP contribution < -0.4 is 11.1 Å². The molecule has 1 amide bonds. The third-order valence-electron chi connectivity index (χ3n) is 3.25. The first kappa shape index (κ1) is 20.9. The zero-order valence-electron chi connectivity index (χ0n) is 11.8. The number of nitrogens with one attached hydrogen (secondary N) is 1. The highest BCUT2D eigenvalue weighted by Crippen LogP contribution is 2.17. The van der Waals surface area contributed by atoms with Gasteiger partial charge in [0.2, 0.25) is 0 Å². The maximum Gasteiger partial charge on any atom is 0.423 e. The van der Waals surface area contributed by atoms with Crippen molar-refractivity contribution >= 4 is 30.9 Å². The van der Waals surface area contributed by atoms with Crippen LogP contribution in [0.5, 0.6) is 0 Å². The van der Waals surface area contributed by atoms with Crippen LogP contribution in [0.4, 0.5) is 13.6 Å². The first-order chi connectivity index (χ1) is 9.56. The molecule has 0 atom stereocenters. The quantitative estimate of drug-likeness (QED) is 0.811. The van der Waals surface area contributed by atoms with Gasteiger partial charge in [0.25, 0.3) is 0 Å². The van der Waals surface area contributed by atoms with E-state index in [0.717, 1.165) is 38.1 Å². The third kappa shape index (κ3) is 5.92. The summed E-state index contributed by atoms with van der Waals surface area (Å²) in [6.45, 7) is 1.78. The van der Waals surface area contributed by atoms with Crippen molar-refractivity contribution < 1.29 is 18.4 Å². The van der Waals surface area contributed by atoms with Crippen molar-refractivity contribution in [3.8, 4) is 0 Å². The van der Waals surface area contributed by atoms with E-state index in [1.54, 1.807) is 0 Å². The second kappa shape index (κ2) is 9.78. The zero-order valence-corrected chi connectivity index (χ0v) is 13.4. The fourth-order valence-electron chi connectivity index (χ4n) is 2.26. The molecule has 9 heteroatoms. The van der Waals surface area contributed by atoms with E-state index in [-0.39, 0.29) is 37.4 Å². The summed E-state index contributed by atoms with van der Waals surface area (Å²) in [5, 5.41) is 4.64. The lowest BCUT2D eigenvalue weighted by molar-refractivity contribution is -0.142. The first-order valence-corrected chi connectivity index (χ1v) is 6.45. The average Bonchev–Trinajstić information content (AvgIpc) is 2.43. The van der Waals surface area contributed by atoms with Gasteiger partial charge in [-0.15, -0.1) is 29.9 Å². The van der Waals surface area contributed by atoms with E-state index in [1.165, 1.54) is 11.1 Å². The number of primary amides is 1. The van der Waals surface area contributed by atoms with Crippen molar-refractivity contribution in [1.82, 2.24) is 10.4 Å². The minimum atomic E-state index is -0.924. The maximum absolute atomic E-state index is 13.2. The van der Waals surface area contributed by atoms with E-state index in [0.29, 0.717) is 5.56 Å². The number of nitrogens with two attached hydrogens (primary N) is 1. The molecule has 1 aliphatic rings. The molecule has 1 aliphatic heterocycles. The van der Waals surface area contributed by atoms with Gasteiger partial charge in [0.05, 0.1) is 6.54 Å². The molecule has 0 saturated carbocycles. The highest BCUT2D eigenvalue weighted by Gasteiger charge is 2.24. The number of nitrogens with zero attached hydrogens (tertiary/aromatic N) is 1. The third-order valence-corrected chi connectivity index (χ3v) is 3.25. The molecular weight excluding hydrogens is 339 g/mol. The summed E-state index contributed by atoms with van der Waals surface area (Å²) in [5.41, 5.74) is 5.57. The predicted octanol–water partition coefficient (Wildman–Crippen LogP) is 2.37. The largest absolute Gasteiger partial charge is 0.423 e. The minimum Gasteiger partial charge on any atom is -0.351 e. The summed E-state index contributed by atoms with van der Waals surface area (Å²) in [5.74, 6) is -1.83. The molecule has 0 unspecified atom stereocenters. The fourth-order valence-corrected chi connectivity index (χ4v) is 2.26. The van der Waals surface area contributed by atoms with E-state index in [2.05, 4.69) is 5.32 Å². The molecule has 1 aromatic rings. The number of halogens is 4. The van der Waals surface area contributed by atoms with E-state index >= 15 is 0 Å². The van der Waals surface area contributed by atoms with Crippen LogP contribution in [-0.4, -0.2) is 30.3 Å². The molecule has 0 bridgehead atoms. The van der Waals surface area contributed by atoms with Gasteiger partial charge in [0, 0.05) is 6.04 Å². The Morgan fingerprint density at radius 1 is 1.27 bits per heavy atom. The number of hydroxylamine groups is 2. The SMILES string of the molecule is Cl.Cl.NC(=O)ON(Cc1ccc(F)c(F)c1)C1CCNCC1. The van der Waals surface area contributed by atoms with Crippen LogP contribution in [0.3, 0.4) is 0 Å². The summed E-state index contributed by atoms with van der Waals surface area (Å²) < 4.78 is 26.1. The lowest BCUT2D eigenvalue weighted by atomic mass is 10.1. The molecule has 0 aliphatic carbocycles. The summed E-state index contributed by atoms with van der Waals surface area (Å²) in [7, 11) is 0. The number of benzene rings is 1. The highest BCUT2D eigenvalue weighted by molar-refractivity contribution is 5.85. The second-order valence-electron chi connectivity index (χ2n) is 4.72. The van der Waals surface area contributed by atoms with Crippen molar-refractivity contribution in [3.63, 3.8) is 0 Å². The van der Waals surface area contributed by atoms with Crippen molar-refractivity contribution in [2.75, 3.05) is 13.1 Å². The molecular formula is C13H19Cl2F2N3O2. The molecule has 1 fully saturated rings. The average molecular weight is 358 g/mol. The number of carbonyl (C=O) groups excluding carboxylic acids is 1. The first-order valence-electron chi connectivity index (χ1n) is 6.45. The molecule has 0 spiro atoms. The molecule has 22 heavy (non-hydrogen) atoms. The van der Waals surface area contributed by atoms with E-state index in [9.17, 15) is 13.6 Å². The van der Waals surface area contributed by atoms with Gasteiger partial charge >= 0.3 is 6.09 Å². The van der Waals surface area contributed by atoms with Crippen molar-refractivity contribution in [2.45, 2.75) is 25.4 Å². The van der Waals surface area contributed by atoms with E-state index < -0.39 is 17.7 Å². The van der Waals surface area contributed by atoms with Gasteiger partial charge in [-0.3, -0.25) is 0 Å². The molecule has 5 nitrogen and oxygen atoms in total. The molecule has 1 heterocycles. The Balaban J connectivity index is 0.00000220. The second-order valence-corrected chi connectivity index (χ2v) is 4.72. The van der Waals surface area contributed by atoms with Crippen molar-refractivity contribution in [3.05, 3.63) is 35.4 Å². The Kier molecular flexibility index (Phi) is 9.27. The molecule has 0 aromatic heterocycles. The zero-order chi connectivity index (χ0) is 14.5. The molecule has 2 rings (SSSR count). The fraction of sp³-hybridized carbons (Fsp3) is 0.462. The predicted molar refractivity (Wildman–Crippen MR) is 83.0 cm³/mol. The lowest BCUT2D eigenvalue weighted by Crippen LogP contribution is -2.44. The highest BCUT2D eigenvalue weighted by atomic mass is 35.5. The molecule has 1 saturated heterocycles. The standard InChI is InChI=1S/C13H17F2N3O2.2ClH/c14-11-2-1-9(7-12(11)15)8-18(20-13(16)19)10-3-5-17-6-4-10;;/h1-2,7,10,17H,3-6,8H2,(H2,16,19);2*1H. The van der Waals surface area contributed by atoms with Gasteiger partial charge in [-0.2, -0.15) is 0 Å². The van der Waals surface area contributed by atoms with Crippen LogP contribution in [0.15, 0.2) is 18.2 Å². The summed E-state index contributed by atoms with van der Waals surface area (Å²) in [6, 6.07) is 3.61. The van der Waals surface area contributed by atoms with Crippen molar-refractivity contribution in [1.29, 1.82) is 0 Å². The smallest absolute Gasteiger partial charge is 0.351 e. The topological polar surface area (TPSA) is 67.6 Å². The van der Waals surface area contributed by atoms with Gasteiger partial charge in [0.15, 0.2) is 11.6 Å². The van der Waals surface area contributed by atoms with Crippen molar-refractivity contribution in [2.24, 2.45) is 5.73 Å².